The fourth-order valence-corrected chi connectivity index (χ4v) is 1.61. The second kappa shape index (κ2) is 7.61. The van der Waals surface area contributed by atoms with Crippen LogP contribution in [0.1, 0.15) is 20.3 Å². The molecule has 0 saturated heterocycles. The van der Waals surface area contributed by atoms with Crippen LogP contribution in [0.15, 0.2) is 18.2 Å². The van der Waals surface area contributed by atoms with Gasteiger partial charge in [-0.15, -0.1) is 0 Å². The lowest BCUT2D eigenvalue weighted by molar-refractivity contribution is -0.127. The van der Waals surface area contributed by atoms with E-state index in [1.165, 1.54) is 0 Å². The van der Waals surface area contributed by atoms with E-state index in [0.29, 0.717) is 6.54 Å². The van der Waals surface area contributed by atoms with Crippen LogP contribution in [0.5, 0.6) is 0 Å². The van der Waals surface area contributed by atoms with Gasteiger partial charge in [-0.3, -0.25) is 4.79 Å². The van der Waals surface area contributed by atoms with Crippen molar-refractivity contribution in [3.63, 3.8) is 0 Å². The largest absolute Gasteiger partial charge is 0.370 e. The number of hydrogen-bond donors (Lipinski definition) is 1. The van der Waals surface area contributed by atoms with Crippen molar-refractivity contribution in [3.05, 3.63) is 18.2 Å². The molecule has 1 rings (SSSR count). The lowest BCUT2D eigenvalue weighted by Crippen LogP contribution is -2.37. The molecule has 1 aromatic heterocycles. The van der Waals surface area contributed by atoms with Crippen LogP contribution in [-0.4, -0.2) is 49.5 Å². The molecule has 0 aliphatic rings. The molecule has 0 bridgehead atoms. The molecule has 0 aliphatic heterocycles. The summed E-state index contributed by atoms with van der Waals surface area (Å²) in [7, 11) is 3.53. The molecule has 1 heterocycles. The number of amides is 1. The van der Waals surface area contributed by atoms with E-state index in [9.17, 15) is 4.79 Å². The quantitative estimate of drug-likeness (QED) is 0.816. The minimum Gasteiger partial charge on any atom is -0.370 e. The molecular formula is C14H24N4O. The lowest BCUT2D eigenvalue weighted by atomic mass is 10.3. The average Bonchev–Trinajstić information content (AvgIpc) is 2.42. The maximum Gasteiger partial charge on any atom is 0.241 e. The molecule has 0 aliphatic carbocycles. The average molecular weight is 264 g/mol. The van der Waals surface area contributed by atoms with Crippen molar-refractivity contribution in [2.75, 3.05) is 43.9 Å². The Morgan fingerprint density at radius 1 is 1.32 bits per heavy atom. The van der Waals surface area contributed by atoms with Gasteiger partial charge in [-0.1, -0.05) is 13.0 Å². The van der Waals surface area contributed by atoms with Gasteiger partial charge in [-0.05, 0) is 25.5 Å². The van der Waals surface area contributed by atoms with Crippen LogP contribution in [0.3, 0.4) is 0 Å². The first-order valence-electron chi connectivity index (χ1n) is 6.74. The van der Waals surface area contributed by atoms with Crippen molar-refractivity contribution in [1.29, 1.82) is 0 Å². The SMILES string of the molecule is CCCNc1cccc(N(CC)CC(=O)N(C)C)n1. The molecule has 0 aromatic carbocycles. The van der Waals surface area contributed by atoms with Crippen molar-refractivity contribution in [2.24, 2.45) is 0 Å². The summed E-state index contributed by atoms with van der Waals surface area (Å²) in [6.45, 7) is 6.15. The summed E-state index contributed by atoms with van der Waals surface area (Å²) in [5, 5.41) is 3.26. The van der Waals surface area contributed by atoms with E-state index >= 15 is 0 Å². The predicted molar refractivity (Wildman–Crippen MR) is 79.6 cm³/mol. The van der Waals surface area contributed by atoms with Gasteiger partial charge in [-0.2, -0.15) is 0 Å². The minimum absolute atomic E-state index is 0.0792. The second-order valence-electron chi connectivity index (χ2n) is 4.61. The van der Waals surface area contributed by atoms with E-state index in [4.69, 9.17) is 0 Å². The normalized spacial score (nSPS) is 10.1. The van der Waals surface area contributed by atoms with Crippen LogP contribution < -0.4 is 10.2 Å². The number of pyridine rings is 1. The third-order valence-electron chi connectivity index (χ3n) is 2.82. The van der Waals surface area contributed by atoms with Crippen molar-refractivity contribution < 1.29 is 4.79 Å². The van der Waals surface area contributed by atoms with Crippen molar-refractivity contribution in [3.8, 4) is 0 Å². The molecule has 0 atom stereocenters. The standard InChI is InChI=1S/C14H24N4O/c1-5-10-15-12-8-7-9-13(16-12)18(6-2)11-14(19)17(3)4/h7-9H,5-6,10-11H2,1-4H3,(H,15,16). The van der Waals surface area contributed by atoms with Gasteiger partial charge in [0, 0.05) is 27.2 Å². The molecule has 106 valence electrons. The molecule has 0 saturated carbocycles. The van der Waals surface area contributed by atoms with E-state index < -0.39 is 0 Å². The van der Waals surface area contributed by atoms with Gasteiger partial charge in [0.2, 0.25) is 5.91 Å². The zero-order valence-electron chi connectivity index (χ0n) is 12.3. The summed E-state index contributed by atoms with van der Waals surface area (Å²) in [6.07, 6.45) is 1.06. The predicted octanol–water partition coefficient (Wildman–Crippen LogP) is 1.82. The number of nitrogens with one attached hydrogen (secondary N) is 1. The highest BCUT2D eigenvalue weighted by Gasteiger charge is 2.12. The third-order valence-corrected chi connectivity index (χ3v) is 2.82. The summed E-state index contributed by atoms with van der Waals surface area (Å²) in [5.41, 5.74) is 0. The molecule has 19 heavy (non-hydrogen) atoms. The molecule has 1 aromatic rings. The Kier molecular flexibility index (Phi) is 6.12. The van der Waals surface area contributed by atoms with E-state index in [0.717, 1.165) is 31.1 Å². The maximum absolute atomic E-state index is 11.8. The number of nitrogens with zero attached hydrogens (tertiary/aromatic N) is 3. The van der Waals surface area contributed by atoms with Crippen LogP contribution >= 0.6 is 0 Å². The summed E-state index contributed by atoms with van der Waals surface area (Å²) in [4.78, 5) is 19.9. The number of hydrogen-bond acceptors (Lipinski definition) is 4. The van der Waals surface area contributed by atoms with E-state index in [-0.39, 0.29) is 5.91 Å². The Hall–Kier alpha value is -1.78. The molecule has 0 fully saturated rings. The first kappa shape index (κ1) is 15.3. The van der Waals surface area contributed by atoms with Gasteiger partial charge >= 0.3 is 0 Å². The highest BCUT2D eigenvalue weighted by Crippen LogP contribution is 2.14. The number of aromatic nitrogens is 1. The third kappa shape index (κ3) is 4.77. The molecule has 5 heteroatoms. The second-order valence-corrected chi connectivity index (χ2v) is 4.61. The van der Waals surface area contributed by atoms with Gasteiger partial charge in [0.05, 0.1) is 6.54 Å². The summed E-state index contributed by atoms with van der Waals surface area (Å²) in [6, 6.07) is 5.84. The number of carbonyl (C=O) groups excluding carboxylic acids is 1. The highest BCUT2D eigenvalue weighted by atomic mass is 16.2. The summed E-state index contributed by atoms with van der Waals surface area (Å²) in [5.74, 6) is 1.77. The Morgan fingerprint density at radius 2 is 2.05 bits per heavy atom. The Morgan fingerprint density at radius 3 is 2.63 bits per heavy atom. The monoisotopic (exact) mass is 264 g/mol. The van der Waals surface area contributed by atoms with Gasteiger partial charge < -0.3 is 15.1 Å². The van der Waals surface area contributed by atoms with Crippen LogP contribution in [0.2, 0.25) is 0 Å². The van der Waals surface area contributed by atoms with Crippen molar-refractivity contribution >= 4 is 17.5 Å². The van der Waals surface area contributed by atoms with Crippen LogP contribution in [-0.2, 0) is 4.79 Å². The zero-order chi connectivity index (χ0) is 14.3. The summed E-state index contributed by atoms with van der Waals surface area (Å²) < 4.78 is 0. The topological polar surface area (TPSA) is 48.5 Å². The lowest BCUT2D eigenvalue weighted by Gasteiger charge is -2.23. The van der Waals surface area contributed by atoms with E-state index in [1.54, 1.807) is 19.0 Å². The molecule has 5 nitrogen and oxygen atoms in total. The molecular weight excluding hydrogens is 240 g/mol. The van der Waals surface area contributed by atoms with Gasteiger partial charge in [0.1, 0.15) is 11.6 Å². The van der Waals surface area contributed by atoms with Gasteiger partial charge in [0.15, 0.2) is 0 Å². The molecule has 1 N–H and O–H groups in total. The zero-order valence-corrected chi connectivity index (χ0v) is 12.3. The molecule has 0 unspecified atom stereocenters. The number of rotatable bonds is 7. The molecule has 0 spiro atoms. The van der Waals surface area contributed by atoms with Crippen LogP contribution in [0.25, 0.3) is 0 Å². The van der Waals surface area contributed by atoms with Crippen molar-refractivity contribution in [2.45, 2.75) is 20.3 Å². The van der Waals surface area contributed by atoms with Gasteiger partial charge in [-0.25, -0.2) is 4.98 Å². The van der Waals surface area contributed by atoms with Crippen LogP contribution in [0.4, 0.5) is 11.6 Å². The summed E-state index contributed by atoms with van der Waals surface area (Å²) >= 11 is 0. The van der Waals surface area contributed by atoms with Crippen molar-refractivity contribution in [1.82, 2.24) is 9.88 Å². The Labute approximate surface area is 115 Å². The molecule has 1 amide bonds. The first-order chi connectivity index (χ1) is 9.08. The Balaban J connectivity index is 2.77. The van der Waals surface area contributed by atoms with E-state index in [2.05, 4.69) is 17.2 Å². The molecule has 0 radical (unpaired) electrons. The van der Waals surface area contributed by atoms with Gasteiger partial charge in [0.25, 0.3) is 0 Å². The highest BCUT2D eigenvalue weighted by molar-refractivity contribution is 5.80. The minimum atomic E-state index is 0.0792. The maximum atomic E-state index is 11.8. The number of anilines is 2. The fraction of sp³-hybridized carbons (Fsp3) is 0.571. The van der Waals surface area contributed by atoms with E-state index in [1.807, 2.05) is 30.0 Å². The van der Waals surface area contributed by atoms with Crippen LogP contribution in [0, 0.1) is 0 Å². The first-order valence-corrected chi connectivity index (χ1v) is 6.74. The number of likely N-dealkylation sites (N-methyl/N-ethyl adjacent to an activating group) is 2. The fourth-order valence-electron chi connectivity index (χ4n) is 1.61. The smallest absolute Gasteiger partial charge is 0.241 e. The number of carbonyl (C=O) groups is 1. The Bertz CT molecular complexity index is 406.